The Balaban J connectivity index is 1.63. The summed E-state index contributed by atoms with van der Waals surface area (Å²) in [6.07, 6.45) is -0.977. The normalized spacial score (nSPS) is 16.8. The number of aromatic nitrogens is 5. The summed E-state index contributed by atoms with van der Waals surface area (Å²) in [6, 6.07) is 3.23. The van der Waals surface area contributed by atoms with Crippen LogP contribution < -0.4 is 0 Å². The van der Waals surface area contributed by atoms with Crippen molar-refractivity contribution in [3.63, 3.8) is 0 Å². The van der Waals surface area contributed by atoms with Gasteiger partial charge in [-0.25, -0.2) is 18.9 Å². The fourth-order valence-corrected chi connectivity index (χ4v) is 3.66. The lowest BCUT2D eigenvalue weighted by molar-refractivity contribution is -0.141. The summed E-state index contributed by atoms with van der Waals surface area (Å²) in [5.41, 5.74) is 0.162. The number of hydrogen-bond acceptors (Lipinski definition) is 5. The minimum Gasteiger partial charge on any atom is -0.438 e. The first-order chi connectivity index (χ1) is 14.3. The molecular formula is C18H12F4N6O2. The minimum absolute atomic E-state index is 0.0764. The van der Waals surface area contributed by atoms with Crippen LogP contribution in [0.4, 0.5) is 17.6 Å². The number of nitrogens with one attached hydrogen (secondary N) is 1. The number of oxazole rings is 1. The Morgan fingerprint density at radius 1 is 1.30 bits per heavy atom. The van der Waals surface area contributed by atoms with Gasteiger partial charge in [-0.3, -0.25) is 4.79 Å². The molecule has 0 aliphatic carbocycles. The van der Waals surface area contributed by atoms with Gasteiger partial charge in [-0.2, -0.15) is 18.3 Å². The number of aromatic amines is 1. The number of carbonyl (C=O) groups is 1. The van der Waals surface area contributed by atoms with Crippen molar-refractivity contribution < 1.29 is 26.8 Å². The Bertz CT molecular complexity index is 1260. The molecule has 0 aromatic carbocycles. The van der Waals surface area contributed by atoms with Crippen molar-refractivity contribution >= 4 is 11.4 Å². The second kappa shape index (κ2) is 6.40. The number of rotatable bonds is 2. The molecular weight excluding hydrogens is 408 g/mol. The number of halogens is 4. The van der Waals surface area contributed by atoms with Gasteiger partial charge in [0, 0.05) is 24.9 Å². The molecule has 1 aliphatic heterocycles. The largest absolute Gasteiger partial charge is 0.438 e. The molecule has 1 unspecified atom stereocenters. The smallest absolute Gasteiger partial charge is 0.437 e. The molecule has 8 nitrogen and oxygen atoms in total. The van der Waals surface area contributed by atoms with Crippen LogP contribution in [0.5, 0.6) is 0 Å². The van der Waals surface area contributed by atoms with Gasteiger partial charge in [0.1, 0.15) is 17.4 Å². The molecule has 4 aromatic heterocycles. The van der Waals surface area contributed by atoms with Gasteiger partial charge in [0.2, 0.25) is 5.76 Å². The maximum atomic E-state index is 14.2. The Labute approximate surface area is 165 Å². The van der Waals surface area contributed by atoms with E-state index >= 15 is 0 Å². The summed E-state index contributed by atoms with van der Waals surface area (Å²) < 4.78 is 60.0. The SMILES string of the molecule is O=C(c1ocnc1C(F)(F)F)N1CCc2[nH]cnc2C1c1cc2c(F)cccn2n1. The molecule has 0 fully saturated rings. The van der Waals surface area contributed by atoms with E-state index in [9.17, 15) is 22.4 Å². The van der Waals surface area contributed by atoms with E-state index in [1.807, 2.05) is 0 Å². The van der Waals surface area contributed by atoms with Gasteiger partial charge in [0.25, 0.3) is 5.91 Å². The summed E-state index contributed by atoms with van der Waals surface area (Å²) in [7, 11) is 0. The lowest BCUT2D eigenvalue weighted by atomic mass is 9.99. The van der Waals surface area contributed by atoms with Gasteiger partial charge in [0.05, 0.1) is 17.7 Å². The van der Waals surface area contributed by atoms with Gasteiger partial charge in [-0.15, -0.1) is 0 Å². The predicted octanol–water partition coefficient (Wildman–Crippen LogP) is 2.99. The maximum absolute atomic E-state index is 14.2. The molecule has 5 rings (SSSR count). The molecule has 30 heavy (non-hydrogen) atoms. The first kappa shape index (κ1) is 18.3. The monoisotopic (exact) mass is 420 g/mol. The van der Waals surface area contributed by atoms with Crippen molar-refractivity contribution in [1.82, 2.24) is 29.5 Å². The first-order valence-corrected chi connectivity index (χ1v) is 8.82. The summed E-state index contributed by atoms with van der Waals surface area (Å²) in [4.78, 5) is 24.6. The zero-order valence-corrected chi connectivity index (χ0v) is 15.0. The summed E-state index contributed by atoms with van der Waals surface area (Å²) in [5, 5.41) is 4.32. The van der Waals surface area contributed by atoms with Crippen LogP contribution in [-0.2, 0) is 12.6 Å². The van der Waals surface area contributed by atoms with Crippen LogP contribution in [0.25, 0.3) is 5.52 Å². The summed E-state index contributed by atoms with van der Waals surface area (Å²) >= 11 is 0. The molecule has 0 saturated carbocycles. The molecule has 1 amide bonds. The number of amides is 1. The van der Waals surface area contributed by atoms with Crippen LogP contribution in [0, 0.1) is 5.82 Å². The molecule has 0 saturated heterocycles. The van der Waals surface area contributed by atoms with Crippen LogP contribution in [0.2, 0.25) is 0 Å². The Morgan fingerprint density at radius 3 is 2.90 bits per heavy atom. The minimum atomic E-state index is -4.85. The number of pyridine rings is 1. The molecule has 0 bridgehead atoms. The lowest BCUT2D eigenvalue weighted by Gasteiger charge is -2.33. The van der Waals surface area contributed by atoms with Crippen molar-refractivity contribution in [2.75, 3.05) is 6.54 Å². The van der Waals surface area contributed by atoms with Gasteiger partial charge in [-0.05, 0) is 18.2 Å². The zero-order valence-electron chi connectivity index (χ0n) is 15.0. The van der Waals surface area contributed by atoms with Gasteiger partial charge < -0.3 is 14.3 Å². The lowest BCUT2D eigenvalue weighted by Crippen LogP contribution is -2.41. The third kappa shape index (κ3) is 2.75. The van der Waals surface area contributed by atoms with Crippen molar-refractivity contribution in [1.29, 1.82) is 0 Å². The maximum Gasteiger partial charge on any atom is 0.437 e. The zero-order chi connectivity index (χ0) is 21.0. The average molecular weight is 420 g/mol. The number of alkyl halides is 3. The molecule has 0 spiro atoms. The van der Waals surface area contributed by atoms with E-state index in [2.05, 4.69) is 20.1 Å². The molecule has 154 valence electrons. The van der Waals surface area contributed by atoms with E-state index < -0.39 is 35.4 Å². The molecule has 1 aliphatic rings. The Hall–Kier alpha value is -3.70. The van der Waals surface area contributed by atoms with Crippen LogP contribution >= 0.6 is 0 Å². The number of nitrogens with zero attached hydrogens (tertiary/aromatic N) is 5. The van der Waals surface area contributed by atoms with E-state index in [1.165, 1.54) is 40.1 Å². The molecule has 1 N–H and O–H groups in total. The van der Waals surface area contributed by atoms with Crippen molar-refractivity contribution in [2.45, 2.75) is 18.6 Å². The Morgan fingerprint density at radius 2 is 2.13 bits per heavy atom. The van der Waals surface area contributed by atoms with Crippen LogP contribution in [-0.4, -0.2) is 41.9 Å². The van der Waals surface area contributed by atoms with Crippen LogP contribution in [0.15, 0.2) is 41.5 Å². The van der Waals surface area contributed by atoms with E-state index in [-0.39, 0.29) is 17.8 Å². The predicted molar refractivity (Wildman–Crippen MR) is 91.8 cm³/mol. The Kier molecular flexibility index (Phi) is 3.91. The van der Waals surface area contributed by atoms with Crippen molar-refractivity contribution in [3.05, 3.63) is 71.5 Å². The van der Waals surface area contributed by atoms with E-state index in [4.69, 9.17) is 4.42 Å². The molecule has 5 heterocycles. The molecule has 0 radical (unpaired) electrons. The number of fused-ring (bicyclic) bond motifs is 2. The number of hydrogen-bond donors (Lipinski definition) is 1. The molecule has 4 aromatic rings. The highest BCUT2D eigenvalue weighted by Gasteiger charge is 2.44. The van der Waals surface area contributed by atoms with E-state index in [0.29, 0.717) is 18.5 Å². The second-order valence-corrected chi connectivity index (χ2v) is 6.70. The number of H-pyrrole nitrogens is 1. The highest BCUT2D eigenvalue weighted by Crippen LogP contribution is 2.37. The van der Waals surface area contributed by atoms with Crippen molar-refractivity contribution in [3.8, 4) is 0 Å². The van der Waals surface area contributed by atoms with Crippen LogP contribution in [0.3, 0.4) is 0 Å². The topological polar surface area (TPSA) is 92.3 Å². The fourth-order valence-electron chi connectivity index (χ4n) is 3.66. The number of carbonyl (C=O) groups excluding carboxylic acids is 1. The highest BCUT2D eigenvalue weighted by molar-refractivity contribution is 5.93. The number of imidazole rings is 1. The average Bonchev–Trinajstić information content (AvgIpc) is 3.44. The van der Waals surface area contributed by atoms with Gasteiger partial charge in [-0.1, -0.05) is 0 Å². The fraction of sp³-hybridized carbons (Fsp3) is 0.222. The molecule has 1 atom stereocenters. The summed E-state index contributed by atoms with van der Waals surface area (Å²) in [6.45, 7) is 0.0764. The highest BCUT2D eigenvalue weighted by atomic mass is 19.4. The third-order valence-corrected chi connectivity index (χ3v) is 4.97. The van der Waals surface area contributed by atoms with Gasteiger partial charge >= 0.3 is 6.18 Å². The van der Waals surface area contributed by atoms with E-state index in [0.717, 1.165) is 5.69 Å². The van der Waals surface area contributed by atoms with Crippen molar-refractivity contribution in [2.24, 2.45) is 0 Å². The molecule has 12 heteroatoms. The standard InChI is InChI=1S/C18H12F4N6O2/c19-9-2-1-4-28-12(9)6-11(26-28)14-13-10(23-7-24-13)3-5-27(14)17(29)15-16(18(20,21)22)25-8-30-15/h1-2,4,6-8,14H,3,5H2,(H,23,24). The second-order valence-electron chi connectivity index (χ2n) is 6.70. The van der Waals surface area contributed by atoms with Crippen LogP contribution in [0.1, 0.15) is 39.4 Å². The van der Waals surface area contributed by atoms with Gasteiger partial charge in [0.15, 0.2) is 12.1 Å². The van der Waals surface area contributed by atoms with E-state index in [1.54, 1.807) is 0 Å². The quantitative estimate of drug-likeness (QED) is 0.504. The summed E-state index contributed by atoms with van der Waals surface area (Å²) in [5.74, 6) is -2.45. The third-order valence-electron chi connectivity index (χ3n) is 4.97. The first-order valence-electron chi connectivity index (χ1n) is 8.82.